The topological polar surface area (TPSA) is 58.2 Å². The lowest BCUT2D eigenvalue weighted by Crippen LogP contribution is -2.27. The van der Waals surface area contributed by atoms with Crippen LogP contribution in [0.4, 0.5) is 4.39 Å². The molecule has 1 aromatic carbocycles. The molecule has 1 aromatic rings. The maximum absolute atomic E-state index is 13.4. The van der Waals surface area contributed by atoms with Gasteiger partial charge in [0.05, 0.1) is 4.90 Å². The molecule has 114 valence electrons. The monoisotopic (exact) mass is 322 g/mol. The molecule has 0 amide bonds. The molecular formula is C13H20ClFN2O2S. The third-order valence-electron chi connectivity index (χ3n) is 3.51. The van der Waals surface area contributed by atoms with Crippen molar-refractivity contribution in [2.45, 2.75) is 24.7 Å². The maximum Gasteiger partial charge on any atom is 0.240 e. The minimum atomic E-state index is -3.62. The van der Waals surface area contributed by atoms with Crippen molar-refractivity contribution in [3.05, 3.63) is 29.6 Å². The summed E-state index contributed by atoms with van der Waals surface area (Å²) < 4.78 is 40.1. The molecule has 1 saturated heterocycles. The summed E-state index contributed by atoms with van der Waals surface area (Å²) in [6, 6.07) is 4.11. The minimum absolute atomic E-state index is 0. The molecule has 1 unspecified atom stereocenters. The molecule has 1 aliphatic rings. The largest absolute Gasteiger partial charge is 0.316 e. The van der Waals surface area contributed by atoms with Gasteiger partial charge in [0, 0.05) is 12.1 Å². The fraction of sp³-hybridized carbons (Fsp3) is 0.538. The molecule has 1 atom stereocenters. The van der Waals surface area contributed by atoms with Crippen molar-refractivity contribution in [2.24, 2.45) is 5.92 Å². The number of halogens is 2. The molecule has 1 aliphatic heterocycles. The lowest BCUT2D eigenvalue weighted by Gasteiger charge is -2.11. The Labute approximate surface area is 125 Å². The standard InChI is InChI=1S/C13H19FN2O2S.ClH/c1-10-12(14)3-2-4-13(10)19(17,18)16-8-6-11-5-7-15-9-11;/h2-4,11,15-16H,5-9H2,1H3;1H. The van der Waals surface area contributed by atoms with Crippen LogP contribution in [0.5, 0.6) is 0 Å². The van der Waals surface area contributed by atoms with E-state index < -0.39 is 15.8 Å². The van der Waals surface area contributed by atoms with Gasteiger partial charge < -0.3 is 5.32 Å². The summed E-state index contributed by atoms with van der Waals surface area (Å²) in [4.78, 5) is 0.0250. The average molecular weight is 323 g/mol. The average Bonchev–Trinajstić information content (AvgIpc) is 2.85. The molecular weight excluding hydrogens is 303 g/mol. The zero-order valence-corrected chi connectivity index (χ0v) is 13.0. The van der Waals surface area contributed by atoms with E-state index in [0.29, 0.717) is 12.5 Å². The van der Waals surface area contributed by atoms with E-state index in [1.54, 1.807) is 0 Å². The van der Waals surface area contributed by atoms with Crippen LogP contribution in [0.15, 0.2) is 23.1 Å². The van der Waals surface area contributed by atoms with E-state index in [1.807, 2.05) is 0 Å². The van der Waals surface area contributed by atoms with Crippen LogP contribution in [0.3, 0.4) is 0 Å². The van der Waals surface area contributed by atoms with Gasteiger partial charge in [-0.3, -0.25) is 0 Å². The summed E-state index contributed by atoms with van der Waals surface area (Å²) in [5, 5.41) is 3.24. The van der Waals surface area contributed by atoms with Gasteiger partial charge in [-0.1, -0.05) is 6.07 Å². The first kappa shape index (κ1) is 17.4. The molecule has 0 aromatic heterocycles. The summed E-state index contributed by atoms with van der Waals surface area (Å²) in [6.07, 6.45) is 1.89. The van der Waals surface area contributed by atoms with Crippen LogP contribution in [0.1, 0.15) is 18.4 Å². The number of hydrogen-bond donors (Lipinski definition) is 2. The predicted molar refractivity (Wildman–Crippen MR) is 79.2 cm³/mol. The zero-order valence-electron chi connectivity index (χ0n) is 11.4. The van der Waals surface area contributed by atoms with E-state index in [0.717, 1.165) is 25.9 Å². The van der Waals surface area contributed by atoms with Crippen LogP contribution in [0, 0.1) is 18.7 Å². The summed E-state index contributed by atoms with van der Waals surface area (Å²) in [5.74, 6) is 0.0270. The summed E-state index contributed by atoms with van der Waals surface area (Å²) in [7, 11) is -3.62. The molecule has 2 rings (SSSR count). The molecule has 0 bridgehead atoms. The number of sulfonamides is 1. The molecule has 0 saturated carbocycles. The molecule has 0 aliphatic carbocycles. The summed E-state index contributed by atoms with van der Waals surface area (Å²) in [5.41, 5.74) is 0.164. The lowest BCUT2D eigenvalue weighted by atomic mass is 10.1. The Morgan fingerprint density at radius 1 is 1.45 bits per heavy atom. The first-order chi connectivity index (χ1) is 9.00. The zero-order chi connectivity index (χ0) is 13.9. The van der Waals surface area contributed by atoms with Crippen molar-refractivity contribution in [3.8, 4) is 0 Å². The number of hydrogen-bond acceptors (Lipinski definition) is 3. The Balaban J connectivity index is 0.00000200. The van der Waals surface area contributed by atoms with Crippen LogP contribution in [-0.2, 0) is 10.0 Å². The Kier molecular flexibility index (Phi) is 6.39. The molecule has 1 heterocycles. The second-order valence-electron chi connectivity index (χ2n) is 4.91. The van der Waals surface area contributed by atoms with E-state index in [1.165, 1.54) is 25.1 Å². The normalized spacial score (nSPS) is 18.8. The van der Waals surface area contributed by atoms with Crippen molar-refractivity contribution < 1.29 is 12.8 Å². The van der Waals surface area contributed by atoms with Gasteiger partial charge >= 0.3 is 0 Å². The van der Waals surface area contributed by atoms with E-state index in [9.17, 15) is 12.8 Å². The minimum Gasteiger partial charge on any atom is -0.316 e. The second kappa shape index (κ2) is 7.36. The van der Waals surface area contributed by atoms with Crippen LogP contribution in [-0.4, -0.2) is 28.1 Å². The van der Waals surface area contributed by atoms with Gasteiger partial charge in [0.15, 0.2) is 0 Å². The highest BCUT2D eigenvalue weighted by molar-refractivity contribution is 7.89. The fourth-order valence-corrected chi connectivity index (χ4v) is 3.62. The van der Waals surface area contributed by atoms with E-state index in [4.69, 9.17) is 0 Å². The highest BCUT2D eigenvalue weighted by atomic mass is 35.5. The fourth-order valence-electron chi connectivity index (χ4n) is 2.31. The predicted octanol–water partition coefficient (Wildman–Crippen LogP) is 1.83. The van der Waals surface area contributed by atoms with Gasteiger partial charge in [-0.25, -0.2) is 17.5 Å². The van der Waals surface area contributed by atoms with Gasteiger partial charge in [-0.2, -0.15) is 0 Å². The Morgan fingerprint density at radius 3 is 2.85 bits per heavy atom. The first-order valence-corrected chi connectivity index (χ1v) is 7.94. The molecule has 7 heteroatoms. The van der Waals surface area contributed by atoms with Gasteiger partial charge in [-0.15, -0.1) is 12.4 Å². The first-order valence-electron chi connectivity index (χ1n) is 6.46. The van der Waals surface area contributed by atoms with Crippen LogP contribution < -0.4 is 10.0 Å². The summed E-state index contributed by atoms with van der Waals surface area (Å²) >= 11 is 0. The Hall–Kier alpha value is -0.690. The van der Waals surface area contributed by atoms with Gasteiger partial charge in [0.1, 0.15) is 5.82 Å². The van der Waals surface area contributed by atoms with E-state index in [2.05, 4.69) is 10.0 Å². The van der Waals surface area contributed by atoms with Gasteiger partial charge in [0.2, 0.25) is 10.0 Å². The Bertz CT molecular complexity index is 545. The second-order valence-corrected chi connectivity index (χ2v) is 6.64. The van der Waals surface area contributed by atoms with Gasteiger partial charge in [-0.05, 0) is 50.9 Å². The molecule has 20 heavy (non-hydrogen) atoms. The van der Waals surface area contributed by atoms with Crippen LogP contribution in [0.25, 0.3) is 0 Å². The van der Waals surface area contributed by atoms with Crippen molar-refractivity contribution in [2.75, 3.05) is 19.6 Å². The molecule has 2 N–H and O–H groups in total. The Morgan fingerprint density at radius 2 is 2.20 bits per heavy atom. The smallest absolute Gasteiger partial charge is 0.240 e. The SMILES string of the molecule is Cc1c(F)cccc1S(=O)(=O)NCCC1CCNC1.Cl. The molecule has 1 fully saturated rings. The summed E-state index contributed by atoms with van der Waals surface area (Å²) in [6.45, 7) is 3.82. The highest BCUT2D eigenvalue weighted by Gasteiger charge is 2.20. The maximum atomic E-state index is 13.4. The lowest BCUT2D eigenvalue weighted by molar-refractivity contribution is 0.518. The quantitative estimate of drug-likeness (QED) is 0.869. The van der Waals surface area contributed by atoms with E-state index >= 15 is 0 Å². The highest BCUT2D eigenvalue weighted by Crippen LogP contribution is 2.18. The van der Waals surface area contributed by atoms with Crippen LogP contribution >= 0.6 is 12.4 Å². The van der Waals surface area contributed by atoms with Gasteiger partial charge in [0.25, 0.3) is 0 Å². The number of nitrogens with one attached hydrogen (secondary N) is 2. The van der Waals surface area contributed by atoms with Crippen LogP contribution in [0.2, 0.25) is 0 Å². The third-order valence-corrected chi connectivity index (χ3v) is 5.12. The van der Waals surface area contributed by atoms with Crippen molar-refractivity contribution in [3.63, 3.8) is 0 Å². The van der Waals surface area contributed by atoms with Crippen molar-refractivity contribution >= 4 is 22.4 Å². The number of benzene rings is 1. The molecule has 0 radical (unpaired) electrons. The number of rotatable bonds is 5. The van der Waals surface area contributed by atoms with Crippen molar-refractivity contribution in [1.29, 1.82) is 0 Å². The van der Waals surface area contributed by atoms with Crippen molar-refractivity contribution in [1.82, 2.24) is 10.0 Å². The molecule has 4 nitrogen and oxygen atoms in total. The molecule has 0 spiro atoms. The third kappa shape index (κ3) is 4.15. The van der Waals surface area contributed by atoms with E-state index in [-0.39, 0.29) is 22.9 Å².